The first-order valence-electron chi connectivity index (χ1n) is 6.00. The van der Waals surface area contributed by atoms with Gasteiger partial charge in [-0.3, -0.25) is 4.79 Å². The summed E-state index contributed by atoms with van der Waals surface area (Å²) in [4.78, 5) is 10.9. The van der Waals surface area contributed by atoms with Crippen LogP contribution in [-0.2, 0) is 4.79 Å². The maximum atomic E-state index is 10.9. The molecule has 0 heterocycles. The molecule has 0 saturated carbocycles. The molecule has 2 unspecified atom stereocenters. The molecule has 1 rings (SSSR count). The molecule has 1 aromatic rings. The molecule has 0 fully saturated rings. The van der Waals surface area contributed by atoms with E-state index >= 15 is 0 Å². The number of hydrogen-bond donors (Lipinski definition) is 2. The second-order valence-electron chi connectivity index (χ2n) is 4.62. The van der Waals surface area contributed by atoms with Crippen molar-refractivity contribution in [3.63, 3.8) is 0 Å². The topological polar surface area (TPSA) is 63.3 Å². The summed E-state index contributed by atoms with van der Waals surface area (Å²) in [5.74, 6) is -0.895. The molecule has 0 amide bonds. The van der Waals surface area contributed by atoms with Gasteiger partial charge in [-0.2, -0.15) is 0 Å². The highest BCUT2D eigenvalue weighted by Gasteiger charge is 2.21. The van der Waals surface area contributed by atoms with Crippen LogP contribution in [0.4, 0.5) is 0 Å². The average Bonchev–Trinajstić information content (AvgIpc) is 2.28. The van der Waals surface area contributed by atoms with Crippen molar-refractivity contribution in [1.82, 2.24) is 0 Å². The number of rotatable bonds is 5. The first-order valence-corrected chi connectivity index (χ1v) is 6.00. The first kappa shape index (κ1) is 13.7. The minimum absolute atomic E-state index is 0.0947. The molecule has 0 aliphatic heterocycles. The number of nitrogens with two attached hydrogens (primary N) is 1. The van der Waals surface area contributed by atoms with E-state index < -0.39 is 5.97 Å². The van der Waals surface area contributed by atoms with Gasteiger partial charge in [-0.1, -0.05) is 25.1 Å². The Morgan fingerprint density at radius 1 is 1.35 bits per heavy atom. The largest absolute Gasteiger partial charge is 0.481 e. The zero-order valence-electron chi connectivity index (χ0n) is 10.7. The van der Waals surface area contributed by atoms with Gasteiger partial charge in [0.05, 0.1) is 6.42 Å². The van der Waals surface area contributed by atoms with Gasteiger partial charge in [-0.05, 0) is 37.0 Å². The lowest BCUT2D eigenvalue weighted by Crippen LogP contribution is -2.29. The molecule has 94 valence electrons. The zero-order valence-corrected chi connectivity index (χ0v) is 10.7. The number of benzene rings is 1. The van der Waals surface area contributed by atoms with E-state index in [1.54, 1.807) is 0 Å². The fourth-order valence-corrected chi connectivity index (χ4v) is 1.98. The Hall–Kier alpha value is -1.35. The van der Waals surface area contributed by atoms with Crippen molar-refractivity contribution in [3.8, 4) is 0 Å². The zero-order chi connectivity index (χ0) is 13.0. The molecule has 0 radical (unpaired) electrons. The highest BCUT2D eigenvalue weighted by Crippen LogP contribution is 2.26. The SMILES string of the molecule is CCC(N)C(CC(=O)O)c1ccc(C)c(C)c1. The number of carboxylic acid groups (broad SMARTS) is 1. The third kappa shape index (κ3) is 3.56. The Balaban J connectivity index is 3.03. The lowest BCUT2D eigenvalue weighted by molar-refractivity contribution is -0.137. The van der Waals surface area contributed by atoms with Crippen molar-refractivity contribution in [2.24, 2.45) is 5.73 Å². The number of carbonyl (C=O) groups is 1. The minimum Gasteiger partial charge on any atom is -0.481 e. The maximum absolute atomic E-state index is 10.9. The maximum Gasteiger partial charge on any atom is 0.304 e. The van der Waals surface area contributed by atoms with Crippen LogP contribution in [0.25, 0.3) is 0 Å². The van der Waals surface area contributed by atoms with Crippen molar-refractivity contribution >= 4 is 5.97 Å². The fraction of sp³-hybridized carbons (Fsp3) is 0.500. The normalized spacial score (nSPS) is 14.4. The number of aryl methyl sites for hydroxylation is 2. The Bertz CT molecular complexity index is 401. The predicted molar refractivity (Wildman–Crippen MR) is 69.2 cm³/mol. The summed E-state index contributed by atoms with van der Waals surface area (Å²) in [6, 6.07) is 5.97. The molecular weight excluding hydrogens is 214 g/mol. The van der Waals surface area contributed by atoms with E-state index in [0.29, 0.717) is 0 Å². The van der Waals surface area contributed by atoms with Crippen LogP contribution in [0, 0.1) is 13.8 Å². The van der Waals surface area contributed by atoms with Crippen molar-refractivity contribution < 1.29 is 9.90 Å². The van der Waals surface area contributed by atoms with Gasteiger partial charge in [-0.25, -0.2) is 0 Å². The lowest BCUT2D eigenvalue weighted by Gasteiger charge is -2.22. The van der Waals surface area contributed by atoms with Crippen molar-refractivity contribution in [1.29, 1.82) is 0 Å². The highest BCUT2D eigenvalue weighted by molar-refractivity contribution is 5.68. The number of carboxylic acids is 1. The fourth-order valence-electron chi connectivity index (χ4n) is 1.98. The third-order valence-corrected chi connectivity index (χ3v) is 3.34. The van der Waals surface area contributed by atoms with Gasteiger partial charge in [0, 0.05) is 12.0 Å². The van der Waals surface area contributed by atoms with Gasteiger partial charge in [0.1, 0.15) is 0 Å². The lowest BCUT2D eigenvalue weighted by atomic mass is 9.86. The van der Waals surface area contributed by atoms with E-state index in [-0.39, 0.29) is 18.4 Å². The van der Waals surface area contributed by atoms with Gasteiger partial charge in [0.2, 0.25) is 0 Å². The van der Waals surface area contributed by atoms with Crippen LogP contribution in [0.5, 0.6) is 0 Å². The molecule has 3 heteroatoms. The van der Waals surface area contributed by atoms with Crippen molar-refractivity contribution in [3.05, 3.63) is 34.9 Å². The Morgan fingerprint density at radius 2 is 2.00 bits per heavy atom. The van der Waals surface area contributed by atoms with Gasteiger partial charge in [-0.15, -0.1) is 0 Å². The molecule has 1 aromatic carbocycles. The standard InChI is InChI=1S/C14H21NO2/c1-4-13(15)12(8-14(16)17)11-6-5-9(2)10(3)7-11/h5-7,12-13H,4,8,15H2,1-3H3,(H,16,17). The molecule has 0 aliphatic rings. The molecule has 0 aliphatic carbocycles. The van der Waals surface area contributed by atoms with Crippen LogP contribution in [0.1, 0.15) is 42.4 Å². The molecule has 0 saturated heterocycles. The summed E-state index contributed by atoms with van der Waals surface area (Å²) in [7, 11) is 0. The molecule has 2 atom stereocenters. The van der Waals surface area contributed by atoms with Gasteiger partial charge in [0.25, 0.3) is 0 Å². The van der Waals surface area contributed by atoms with Crippen molar-refractivity contribution in [2.45, 2.75) is 45.6 Å². The van der Waals surface area contributed by atoms with E-state index in [1.807, 2.05) is 32.9 Å². The summed E-state index contributed by atoms with van der Waals surface area (Å²) >= 11 is 0. The minimum atomic E-state index is -0.794. The van der Waals surface area contributed by atoms with Crippen LogP contribution < -0.4 is 5.73 Å². The molecule has 17 heavy (non-hydrogen) atoms. The van der Waals surface area contributed by atoms with Crippen LogP contribution in [-0.4, -0.2) is 17.1 Å². The average molecular weight is 235 g/mol. The van der Waals surface area contributed by atoms with E-state index in [2.05, 4.69) is 6.07 Å². The van der Waals surface area contributed by atoms with Gasteiger partial charge < -0.3 is 10.8 Å². The van der Waals surface area contributed by atoms with Crippen LogP contribution in [0.3, 0.4) is 0 Å². The first-order chi connectivity index (χ1) is 7.95. The van der Waals surface area contributed by atoms with Crippen LogP contribution in [0.2, 0.25) is 0 Å². The van der Waals surface area contributed by atoms with Gasteiger partial charge >= 0.3 is 5.97 Å². The van der Waals surface area contributed by atoms with Crippen LogP contribution >= 0.6 is 0 Å². The van der Waals surface area contributed by atoms with E-state index in [4.69, 9.17) is 10.8 Å². The summed E-state index contributed by atoms with van der Waals surface area (Å²) < 4.78 is 0. The Kier molecular flexibility index (Phi) is 4.70. The number of aliphatic carboxylic acids is 1. The van der Waals surface area contributed by atoms with E-state index in [9.17, 15) is 4.79 Å². The predicted octanol–water partition coefficient (Wildman–Crippen LogP) is 2.60. The molecular formula is C14H21NO2. The van der Waals surface area contributed by atoms with E-state index in [1.165, 1.54) is 11.1 Å². The summed E-state index contributed by atoms with van der Waals surface area (Å²) in [6.07, 6.45) is 0.877. The van der Waals surface area contributed by atoms with Gasteiger partial charge in [0.15, 0.2) is 0 Å². The second kappa shape index (κ2) is 5.82. The smallest absolute Gasteiger partial charge is 0.304 e. The number of hydrogen-bond acceptors (Lipinski definition) is 2. The second-order valence-corrected chi connectivity index (χ2v) is 4.62. The van der Waals surface area contributed by atoms with Crippen LogP contribution in [0.15, 0.2) is 18.2 Å². The Labute approximate surface area is 103 Å². The van der Waals surface area contributed by atoms with E-state index in [0.717, 1.165) is 12.0 Å². The highest BCUT2D eigenvalue weighted by atomic mass is 16.4. The van der Waals surface area contributed by atoms with Crippen molar-refractivity contribution in [2.75, 3.05) is 0 Å². The molecule has 3 nitrogen and oxygen atoms in total. The summed E-state index contributed by atoms with van der Waals surface area (Å²) in [5, 5.41) is 8.96. The Morgan fingerprint density at radius 3 is 2.47 bits per heavy atom. The monoisotopic (exact) mass is 235 g/mol. The summed E-state index contributed by atoms with van der Waals surface area (Å²) in [6.45, 7) is 6.07. The molecule has 3 N–H and O–H groups in total. The summed E-state index contributed by atoms with van der Waals surface area (Å²) in [5.41, 5.74) is 9.45. The molecule has 0 bridgehead atoms. The molecule has 0 aromatic heterocycles. The quantitative estimate of drug-likeness (QED) is 0.824. The molecule has 0 spiro atoms. The third-order valence-electron chi connectivity index (χ3n) is 3.34.